The first-order valence-electron chi connectivity index (χ1n) is 10.1. The maximum Gasteiger partial charge on any atom is 0.145 e. The molecule has 0 amide bonds. The number of ether oxygens (including phenoxy) is 1. The Hall–Kier alpha value is -1.99. The Balaban J connectivity index is 1.62. The first-order valence-corrected chi connectivity index (χ1v) is 10.5. The number of nitrogens with zero attached hydrogens (tertiary/aromatic N) is 2. The molecule has 0 saturated carbocycles. The molecule has 7 heteroatoms. The molecule has 2 unspecified atom stereocenters. The zero-order valence-electron chi connectivity index (χ0n) is 17.3. The fourth-order valence-corrected chi connectivity index (χ4v) is 3.59. The topological polar surface area (TPSA) is 54.3 Å². The van der Waals surface area contributed by atoms with Crippen molar-refractivity contribution in [2.75, 3.05) is 19.7 Å². The Morgan fingerprint density at radius 1 is 1.27 bits per heavy atom. The monoisotopic (exact) mass is 434 g/mol. The largest absolute Gasteiger partial charge is 0.390 e. The number of rotatable bonds is 10. The predicted molar refractivity (Wildman–Crippen MR) is 116 cm³/mol. The first kappa shape index (κ1) is 22.7. The van der Waals surface area contributed by atoms with Crippen LogP contribution >= 0.6 is 11.6 Å². The van der Waals surface area contributed by atoms with E-state index in [-0.39, 0.29) is 24.6 Å². The van der Waals surface area contributed by atoms with E-state index in [9.17, 15) is 9.50 Å². The highest BCUT2D eigenvalue weighted by atomic mass is 35.5. The van der Waals surface area contributed by atoms with Gasteiger partial charge in [-0.05, 0) is 49.2 Å². The highest BCUT2D eigenvalue weighted by Gasteiger charge is 2.26. The van der Waals surface area contributed by atoms with E-state index < -0.39 is 6.10 Å². The van der Waals surface area contributed by atoms with Crippen molar-refractivity contribution >= 4 is 17.3 Å². The van der Waals surface area contributed by atoms with Gasteiger partial charge in [-0.25, -0.2) is 4.39 Å². The van der Waals surface area contributed by atoms with Crippen molar-refractivity contribution in [1.29, 1.82) is 0 Å². The van der Waals surface area contributed by atoms with Crippen LogP contribution in [0.25, 0.3) is 0 Å². The summed E-state index contributed by atoms with van der Waals surface area (Å²) < 4.78 is 18.7. The summed E-state index contributed by atoms with van der Waals surface area (Å²) >= 11 is 6.13. The van der Waals surface area contributed by atoms with E-state index in [1.807, 2.05) is 38.1 Å². The molecule has 0 saturated heterocycles. The SMILES string of the molecule is CC(C)OCC(O)CN(Cc1cccc(Cl)c1)CC1CC(c2ccc(F)cc2)=NO1. The number of benzene rings is 2. The molecule has 162 valence electrons. The van der Waals surface area contributed by atoms with E-state index in [0.717, 1.165) is 16.8 Å². The van der Waals surface area contributed by atoms with Crippen molar-refractivity contribution in [2.24, 2.45) is 5.16 Å². The molecule has 0 aromatic heterocycles. The minimum atomic E-state index is -0.620. The summed E-state index contributed by atoms with van der Waals surface area (Å²) in [6, 6.07) is 13.9. The van der Waals surface area contributed by atoms with Crippen LogP contribution < -0.4 is 0 Å². The van der Waals surface area contributed by atoms with Gasteiger partial charge in [0, 0.05) is 31.1 Å². The summed E-state index contributed by atoms with van der Waals surface area (Å²) in [4.78, 5) is 7.75. The third-order valence-electron chi connectivity index (χ3n) is 4.76. The van der Waals surface area contributed by atoms with Gasteiger partial charge in [-0.15, -0.1) is 0 Å². The second-order valence-electron chi connectivity index (χ2n) is 7.84. The Bertz CT molecular complexity index is 845. The Morgan fingerprint density at radius 2 is 2.03 bits per heavy atom. The fourth-order valence-electron chi connectivity index (χ4n) is 3.38. The van der Waals surface area contributed by atoms with Crippen LogP contribution in [0.3, 0.4) is 0 Å². The van der Waals surface area contributed by atoms with Crippen molar-refractivity contribution in [3.8, 4) is 0 Å². The lowest BCUT2D eigenvalue weighted by atomic mass is 10.0. The van der Waals surface area contributed by atoms with Crippen LogP contribution in [-0.2, 0) is 16.1 Å². The van der Waals surface area contributed by atoms with Gasteiger partial charge in [0.1, 0.15) is 11.9 Å². The predicted octanol–water partition coefficient (Wildman–Crippen LogP) is 4.26. The normalized spacial score (nSPS) is 17.3. The molecule has 0 spiro atoms. The molecule has 0 fully saturated rings. The van der Waals surface area contributed by atoms with Gasteiger partial charge < -0.3 is 14.7 Å². The lowest BCUT2D eigenvalue weighted by Crippen LogP contribution is -2.39. The Labute approximate surface area is 182 Å². The van der Waals surface area contributed by atoms with E-state index >= 15 is 0 Å². The average molecular weight is 435 g/mol. The number of halogens is 2. The lowest BCUT2D eigenvalue weighted by Gasteiger charge is -2.27. The molecule has 0 aliphatic carbocycles. The van der Waals surface area contributed by atoms with E-state index in [0.29, 0.717) is 31.1 Å². The summed E-state index contributed by atoms with van der Waals surface area (Å²) in [6.07, 6.45) is -0.0882. The molecule has 2 aromatic carbocycles. The highest BCUT2D eigenvalue weighted by Crippen LogP contribution is 2.20. The maximum atomic E-state index is 13.2. The van der Waals surface area contributed by atoms with Gasteiger partial charge in [-0.1, -0.05) is 41.0 Å². The smallest absolute Gasteiger partial charge is 0.145 e. The van der Waals surface area contributed by atoms with Crippen molar-refractivity contribution in [3.63, 3.8) is 0 Å². The molecule has 0 bridgehead atoms. The molecule has 0 radical (unpaired) electrons. The van der Waals surface area contributed by atoms with Gasteiger partial charge in [-0.2, -0.15) is 0 Å². The third-order valence-corrected chi connectivity index (χ3v) is 4.99. The summed E-state index contributed by atoms with van der Waals surface area (Å²) in [7, 11) is 0. The van der Waals surface area contributed by atoms with Crippen LogP contribution in [0.4, 0.5) is 4.39 Å². The molecule has 1 aliphatic rings. The summed E-state index contributed by atoms with van der Waals surface area (Å²) in [6.45, 7) is 5.79. The van der Waals surface area contributed by atoms with E-state index in [2.05, 4.69) is 10.1 Å². The average Bonchev–Trinajstić information content (AvgIpc) is 3.15. The molecule has 1 heterocycles. The molecule has 3 rings (SSSR count). The molecular formula is C23H28ClFN2O3. The molecule has 2 aromatic rings. The maximum absolute atomic E-state index is 13.2. The summed E-state index contributed by atoms with van der Waals surface area (Å²) in [5, 5.41) is 15.3. The zero-order chi connectivity index (χ0) is 21.5. The van der Waals surface area contributed by atoms with Crippen molar-refractivity contribution in [3.05, 3.63) is 70.5 Å². The quantitative estimate of drug-likeness (QED) is 0.607. The molecule has 5 nitrogen and oxygen atoms in total. The van der Waals surface area contributed by atoms with Gasteiger partial charge in [0.25, 0.3) is 0 Å². The first-order chi connectivity index (χ1) is 14.4. The van der Waals surface area contributed by atoms with Crippen molar-refractivity contribution < 1.29 is 19.1 Å². The molecule has 1 aliphatic heterocycles. The number of oxime groups is 1. The lowest BCUT2D eigenvalue weighted by molar-refractivity contribution is -0.0194. The van der Waals surface area contributed by atoms with Crippen LogP contribution in [-0.4, -0.2) is 53.7 Å². The molecule has 1 N–H and O–H groups in total. The third kappa shape index (κ3) is 7.06. The van der Waals surface area contributed by atoms with E-state index in [1.165, 1.54) is 12.1 Å². The molecule has 2 atom stereocenters. The summed E-state index contributed by atoms with van der Waals surface area (Å²) in [5.74, 6) is -0.278. The Morgan fingerprint density at radius 3 is 2.73 bits per heavy atom. The van der Waals surface area contributed by atoms with Gasteiger partial charge in [0.15, 0.2) is 0 Å². The Kier molecular flexibility index (Phi) is 8.22. The van der Waals surface area contributed by atoms with Crippen molar-refractivity contribution in [2.45, 2.75) is 45.1 Å². The van der Waals surface area contributed by atoms with Crippen LogP contribution in [0, 0.1) is 5.82 Å². The van der Waals surface area contributed by atoms with Gasteiger partial charge in [-0.3, -0.25) is 4.90 Å². The number of aliphatic hydroxyl groups excluding tert-OH is 1. The number of aliphatic hydroxyl groups is 1. The number of hydrogen-bond donors (Lipinski definition) is 1. The number of hydrogen-bond acceptors (Lipinski definition) is 5. The molecular weight excluding hydrogens is 407 g/mol. The minimum absolute atomic E-state index is 0.0610. The minimum Gasteiger partial charge on any atom is -0.390 e. The van der Waals surface area contributed by atoms with Crippen LogP contribution in [0.2, 0.25) is 5.02 Å². The second kappa shape index (κ2) is 10.9. The van der Waals surface area contributed by atoms with E-state index in [4.69, 9.17) is 21.2 Å². The van der Waals surface area contributed by atoms with Crippen LogP contribution in [0.5, 0.6) is 0 Å². The van der Waals surface area contributed by atoms with E-state index in [1.54, 1.807) is 12.1 Å². The zero-order valence-corrected chi connectivity index (χ0v) is 18.1. The van der Waals surface area contributed by atoms with Gasteiger partial charge >= 0.3 is 0 Å². The standard InChI is InChI=1S/C23H28ClFN2O3/c1-16(2)29-15-21(28)13-27(12-17-4-3-5-19(24)10-17)14-22-11-23(26-30-22)18-6-8-20(25)9-7-18/h3-10,16,21-22,28H,11-15H2,1-2H3. The summed E-state index contributed by atoms with van der Waals surface area (Å²) in [5.41, 5.74) is 2.70. The van der Waals surface area contributed by atoms with Crippen molar-refractivity contribution in [1.82, 2.24) is 4.90 Å². The van der Waals surface area contributed by atoms with Gasteiger partial charge in [0.2, 0.25) is 0 Å². The molecule has 30 heavy (non-hydrogen) atoms. The second-order valence-corrected chi connectivity index (χ2v) is 8.27. The highest BCUT2D eigenvalue weighted by molar-refractivity contribution is 6.30. The van der Waals surface area contributed by atoms with Crippen LogP contribution in [0.1, 0.15) is 31.4 Å². The van der Waals surface area contributed by atoms with Crippen LogP contribution in [0.15, 0.2) is 53.7 Å². The fraction of sp³-hybridized carbons (Fsp3) is 0.435. The van der Waals surface area contributed by atoms with Gasteiger partial charge in [0.05, 0.1) is 24.5 Å².